The molecule has 6 heteroatoms. The third-order valence-electron chi connectivity index (χ3n) is 5.29. The average Bonchev–Trinajstić information content (AvgIpc) is 2.79. The lowest BCUT2D eigenvalue weighted by atomic mass is 10.1. The van der Waals surface area contributed by atoms with E-state index in [-0.39, 0.29) is 5.91 Å². The average molecular weight is 387 g/mol. The molecular formula is C23H25N5O. The molecule has 1 fully saturated rings. The number of piperazine rings is 1. The Morgan fingerprint density at radius 2 is 1.59 bits per heavy atom. The van der Waals surface area contributed by atoms with E-state index < -0.39 is 0 Å². The van der Waals surface area contributed by atoms with E-state index in [1.54, 1.807) is 12.4 Å². The third kappa shape index (κ3) is 4.54. The minimum atomic E-state index is -0.0110. The summed E-state index contributed by atoms with van der Waals surface area (Å²) in [5.41, 5.74) is 4.15. The van der Waals surface area contributed by atoms with Gasteiger partial charge in [-0.3, -0.25) is 4.79 Å². The van der Waals surface area contributed by atoms with Gasteiger partial charge < -0.3 is 15.1 Å². The molecule has 0 atom stereocenters. The maximum Gasteiger partial charge on any atom is 0.257 e. The van der Waals surface area contributed by atoms with Crippen molar-refractivity contribution < 1.29 is 4.79 Å². The van der Waals surface area contributed by atoms with Gasteiger partial charge in [0.05, 0.1) is 5.56 Å². The molecule has 6 nitrogen and oxygen atoms in total. The number of hydrogen-bond donors (Lipinski definition) is 1. The number of hydrogen-bond acceptors (Lipinski definition) is 5. The molecule has 0 radical (unpaired) electrons. The van der Waals surface area contributed by atoms with E-state index in [2.05, 4.69) is 51.4 Å². The molecule has 1 amide bonds. The SMILES string of the molecule is Cc1ccccc1CNc1ncc(C(=O)N2CCN(c3ccccc3)CC2)cn1. The number of nitrogens with one attached hydrogen (secondary N) is 1. The summed E-state index contributed by atoms with van der Waals surface area (Å²) >= 11 is 0. The van der Waals surface area contributed by atoms with Gasteiger partial charge in [0.1, 0.15) is 0 Å². The van der Waals surface area contributed by atoms with Gasteiger partial charge in [0.25, 0.3) is 5.91 Å². The standard InChI is InChI=1S/C23H25N5O/c1-18-7-5-6-8-19(18)15-24-23-25-16-20(17-26-23)22(29)28-13-11-27(12-14-28)21-9-3-2-4-10-21/h2-10,16-17H,11-15H2,1H3,(H,24,25,26). The smallest absolute Gasteiger partial charge is 0.257 e. The summed E-state index contributed by atoms with van der Waals surface area (Å²) in [6, 6.07) is 18.5. The van der Waals surface area contributed by atoms with Gasteiger partial charge in [-0.1, -0.05) is 42.5 Å². The van der Waals surface area contributed by atoms with Crippen LogP contribution in [0.25, 0.3) is 0 Å². The number of benzene rings is 2. The first-order chi connectivity index (χ1) is 14.2. The molecule has 4 rings (SSSR count). The van der Waals surface area contributed by atoms with Gasteiger partial charge >= 0.3 is 0 Å². The quantitative estimate of drug-likeness (QED) is 0.727. The number of para-hydroxylation sites is 1. The van der Waals surface area contributed by atoms with Gasteiger partial charge in [0.2, 0.25) is 5.95 Å². The minimum Gasteiger partial charge on any atom is -0.368 e. The molecular weight excluding hydrogens is 362 g/mol. The molecule has 2 heterocycles. The summed E-state index contributed by atoms with van der Waals surface area (Å²) in [5.74, 6) is 0.516. The zero-order valence-electron chi connectivity index (χ0n) is 16.6. The van der Waals surface area contributed by atoms with Crippen LogP contribution in [0.2, 0.25) is 0 Å². The highest BCUT2D eigenvalue weighted by Gasteiger charge is 2.22. The molecule has 1 aliphatic rings. The van der Waals surface area contributed by atoms with Gasteiger partial charge in [0.15, 0.2) is 0 Å². The van der Waals surface area contributed by atoms with Crippen molar-refractivity contribution in [2.45, 2.75) is 13.5 Å². The highest BCUT2D eigenvalue weighted by Crippen LogP contribution is 2.17. The fraction of sp³-hybridized carbons (Fsp3) is 0.261. The predicted molar refractivity (Wildman–Crippen MR) is 115 cm³/mol. The molecule has 1 aromatic heterocycles. The van der Waals surface area contributed by atoms with Crippen LogP contribution in [0.3, 0.4) is 0 Å². The first-order valence-corrected chi connectivity index (χ1v) is 9.90. The Bertz CT molecular complexity index is 951. The normalized spacial score (nSPS) is 14.0. The van der Waals surface area contributed by atoms with Gasteiger partial charge in [-0.2, -0.15) is 0 Å². The van der Waals surface area contributed by atoms with Gasteiger partial charge in [-0.15, -0.1) is 0 Å². The summed E-state index contributed by atoms with van der Waals surface area (Å²) in [6.45, 7) is 5.78. The molecule has 29 heavy (non-hydrogen) atoms. The van der Waals surface area contributed by atoms with Gasteiger partial charge in [-0.25, -0.2) is 9.97 Å². The Kier molecular flexibility index (Phi) is 5.70. The Morgan fingerprint density at radius 1 is 0.931 bits per heavy atom. The van der Waals surface area contributed by atoms with Crippen LogP contribution in [-0.2, 0) is 6.54 Å². The molecule has 148 valence electrons. The highest BCUT2D eigenvalue weighted by atomic mass is 16.2. The second-order valence-electron chi connectivity index (χ2n) is 7.19. The van der Waals surface area contributed by atoms with Gasteiger partial charge in [-0.05, 0) is 30.2 Å². The maximum atomic E-state index is 12.8. The zero-order valence-corrected chi connectivity index (χ0v) is 16.6. The van der Waals surface area contributed by atoms with Crippen molar-refractivity contribution >= 4 is 17.5 Å². The number of aromatic nitrogens is 2. The van der Waals surface area contributed by atoms with Crippen LogP contribution in [0.5, 0.6) is 0 Å². The number of carbonyl (C=O) groups is 1. The summed E-state index contributed by atoms with van der Waals surface area (Å²) in [5, 5.41) is 3.22. The minimum absolute atomic E-state index is 0.0110. The molecule has 0 saturated carbocycles. The molecule has 0 aliphatic carbocycles. The maximum absolute atomic E-state index is 12.8. The molecule has 0 bridgehead atoms. The number of anilines is 2. The second kappa shape index (κ2) is 8.73. The van der Waals surface area contributed by atoms with Crippen molar-refractivity contribution in [2.24, 2.45) is 0 Å². The number of aryl methyl sites for hydroxylation is 1. The summed E-state index contributed by atoms with van der Waals surface area (Å²) in [4.78, 5) is 25.6. The summed E-state index contributed by atoms with van der Waals surface area (Å²) < 4.78 is 0. The Hall–Kier alpha value is -3.41. The molecule has 1 saturated heterocycles. The number of amides is 1. The van der Waals surface area contributed by atoms with Crippen molar-refractivity contribution in [1.29, 1.82) is 0 Å². The van der Waals surface area contributed by atoms with Crippen molar-refractivity contribution in [3.63, 3.8) is 0 Å². The van der Waals surface area contributed by atoms with Crippen LogP contribution in [-0.4, -0.2) is 47.0 Å². The second-order valence-corrected chi connectivity index (χ2v) is 7.19. The lowest BCUT2D eigenvalue weighted by Crippen LogP contribution is -2.48. The van der Waals surface area contributed by atoms with E-state index in [1.807, 2.05) is 35.2 Å². The van der Waals surface area contributed by atoms with E-state index in [9.17, 15) is 4.79 Å². The third-order valence-corrected chi connectivity index (χ3v) is 5.29. The van der Waals surface area contributed by atoms with E-state index in [1.165, 1.54) is 16.8 Å². The molecule has 2 aromatic carbocycles. The van der Waals surface area contributed by atoms with Crippen LogP contribution < -0.4 is 10.2 Å². The lowest BCUT2D eigenvalue weighted by Gasteiger charge is -2.36. The van der Waals surface area contributed by atoms with Crippen molar-refractivity contribution in [3.05, 3.63) is 83.7 Å². The first-order valence-electron chi connectivity index (χ1n) is 9.90. The fourth-order valence-electron chi connectivity index (χ4n) is 3.50. The molecule has 0 spiro atoms. The molecule has 1 aliphatic heterocycles. The van der Waals surface area contributed by atoms with E-state index in [0.29, 0.717) is 31.1 Å². The van der Waals surface area contributed by atoms with Crippen molar-refractivity contribution in [1.82, 2.24) is 14.9 Å². The van der Waals surface area contributed by atoms with Crippen LogP contribution in [0, 0.1) is 6.92 Å². The van der Waals surface area contributed by atoms with Crippen LogP contribution in [0.1, 0.15) is 21.5 Å². The largest absolute Gasteiger partial charge is 0.368 e. The lowest BCUT2D eigenvalue weighted by molar-refractivity contribution is 0.0746. The predicted octanol–water partition coefficient (Wildman–Crippen LogP) is 3.36. The van der Waals surface area contributed by atoms with E-state index in [4.69, 9.17) is 0 Å². The topological polar surface area (TPSA) is 61.4 Å². The van der Waals surface area contributed by atoms with E-state index in [0.717, 1.165) is 13.1 Å². The Labute approximate surface area is 171 Å². The summed E-state index contributed by atoms with van der Waals surface area (Å²) in [6.07, 6.45) is 3.22. The van der Waals surface area contributed by atoms with Crippen LogP contribution in [0.4, 0.5) is 11.6 Å². The Morgan fingerprint density at radius 3 is 2.28 bits per heavy atom. The Balaban J connectivity index is 1.32. The highest BCUT2D eigenvalue weighted by molar-refractivity contribution is 5.93. The molecule has 1 N–H and O–H groups in total. The molecule has 3 aromatic rings. The van der Waals surface area contributed by atoms with Crippen LogP contribution >= 0.6 is 0 Å². The number of carbonyl (C=O) groups excluding carboxylic acids is 1. The summed E-state index contributed by atoms with van der Waals surface area (Å²) in [7, 11) is 0. The number of nitrogens with zero attached hydrogens (tertiary/aromatic N) is 4. The van der Waals surface area contributed by atoms with E-state index >= 15 is 0 Å². The monoisotopic (exact) mass is 387 g/mol. The fourth-order valence-corrected chi connectivity index (χ4v) is 3.50. The van der Waals surface area contributed by atoms with Crippen molar-refractivity contribution in [2.75, 3.05) is 36.4 Å². The van der Waals surface area contributed by atoms with Crippen LogP contribution in [0.15, 0.2) is 67.0 Å². The zero-order chi connectivity index (χ0) is 20.1. The first kappa shape index (κ1) is 18.9. The molecule has 0 unspecified atom stereocenters. The van der Waals surface area contributed by atoms with Gasteiger partial charge in [0, 0.05) is 50.8 Å². The number of rotatable bonds is 5. The van der Waals surface area contributed by atoms with Crippen molar-refractivity contribution in [3.8, 4) is 0 Å².